The molecular formula is C14H18ClFO. The summed E-state index contributed by atoms with van der Waals surface area (Å²) in [7, 11) is 0. The molecule has 0 saturated heterocycles. The number of hydrogen-bond donors (Lipinski definition) is 1. The molecule has 1 N–H and O–H groups in total. The second-order valence-corrected chi connectivity index (χ2v) is 5.40. The van der Waals surface area contributed by atoms with Crippen LogP contribution in [0, 0.1) is 11.7 Å². The van der Waals surface area contributed by atoms with Gasteiger partial charge >= 0.3 is 0 Å². The molecule has 2 unspecified atom stereocenters. The first-order chi connectivity index (χ1) is 8.15. The molecule has 1 aromatic rings. The van der Waals surface area contributed by atoms with Gasteiger partial charge in [-0.15, -0.1) is 0 Å². The van der Waals surface area contributed by atoms with E-state index in [1.165, 1.54) is 12.5 Å². The molecule has 94 valence electrons. The molecule has 1 aliphatic rings. The van der Waals surface area contributed by atoms with Crippen molar-refractivity contribution in [3.8, 4) is 0 Å². The maximum absolute atomic E-state index is 13.0. The number of hydrogen-bond acceptors (Lipinski definition) is 1. The summed E-state index contributed by atoms with van der Waals surface area (Å²) in [5.74, 6) is 0.130. The van der Waals surface area contributed by atoms with Crippen LogP contribution in [0.3, 0.4) is 0 Å². The van der Waals surface area contributed by atoms with E-state index in [1.807, 2.05) is 0 Å². The summed E-state index contributed by atoms with van der Waals surface area (Å²) in [6.07, 6.45) is 5.93. The molecule has 1 nitrogen and oxygen atoms in total. The molecule has 0 aliphatic heterocycles. The number of benzene rings is 1. The Labute approximate surface area is 107 Å². The molecule has 1 saturated carbocycles. The summed E-state index contributed by atoms with van der Waals surface area (Å²) in [4.78, 5) is 0. The lowest BCUT2D eigenvalue weighted by molar-refractivity contribution is 0.141. The van der Waals surface area contributed by atoms with Gasteiger partial charge in [0.05, 0.1) is 11.1 Å². The SMILES string of the molecule is OC1CCCCC(Cc2ccc(F)c(Cl)c2)C1. The van der Waals surface area contributed by atoms with Crippen molar-refractivity contribution < 1.29 is 9.50 Å². The van der Waals surface area contributed by atoms with E-state index in [-0.39, 0.29) is 16.9 Å². The van der Waals surface area contributed by atoms with Gasteiger partial charge in [-0.2, -0.15) is 0 Å². The van der Waals surface area contributed by atoms with E-state index in [2.05, 4.69) is 0 Å². The fourth-order valence-electron chi connectivity index (χ4n) is 2.62. The second-order valence-electron chi connectivity index (χ2n) is 4.99. The predicted octanol–water partition coefficient (Wildman–Crippen LogP) is 3.96. The summed E-state index contributed by atoms with van der Waals surface area (Å²) in [6, 6.07) is 4.91. The van der Waals surface area contributed by atoms with Crippen molar-refractivity contribution >= 4 is 11.6 Å². The second kappa shape index (κ2) is 5.83. The average Bonchev–Trinajstić information content (AvgIpc) is 2.48. The molecule has 17 heavy (non-hydrogen) atoms. The van der Waals surface area contributed by atoms with Crippen molar-refractivity contribution in [2.24, 2.45) is 5.92 Å². The van der Waals surface area contributed by atoms with Gasteiger partial charge in [-0.1, -0.05) is 36.9 Å². The van der Waals surface area contributed by atoms with Gasteiger partial charge in [0.1, 0.15) is 5.82 Å². The first-order valence-corrected chi connectivity index (χ1v) is 6.65. The van der Waals surface area contributed by atoms with Gasteiger partial charge in [0, 0.05) is 0 Å². The lowest BCUT2D eigenvalue weighted by atomic mass is 9.92. The lowest BCUT2D eigenvalue weighted by Gasteiger charge is -2.16. The Morgan fingerprint density at radius 3 is 2.82 bits per heavy atom. The van der Waals surface area contributed by atoms with E-state index >= 15 is 0 Å². The zero-order valence-corrected chi connectivity index (χ0v) is 10.6. The number of rotatable bonds is 2. The van der Waals surface area contributed by atoms with Crippen molar-refractivity contribution in [1.29, 1.82) is 0 Å². The molecule has 0 spiro atoms. The molecule has 1 fully saturated rings. The van der Waals surface area contributed by atoms with Crippen LogP contribution in [0.15, 0.2) is 18.2 Å². The van der Waals surface area contributed by atoms with Crippen molar-refractivity contribution in [2.75, 3.05) is 0 Å². The topological polar surface area (TPSA) is 20.2 Å². The quantitative estimate of drug-likeness (QED) is 0.794. The first kappa shape index (κ1) is 12.8. The molecule has 0 bridgehead atoms. The van der Waals surface area contributed by atoms with Gasteiger partial charge in [-0.3, -0.25) is 0 Å². The molecule has 1 aromatic carbocycles. The molecule has 0 aromatic heterocycles. The van der Waals surface area contributed by atoms with Gasteiger partial charge in [-0.05, 0) is 42.9 Å². The molecule has 0 heterocycles. The van der Waals surface area contributed by atoms with E-state index < -0.39 is 0 Å². The molecule has 0 amide bonds. The first-order valence-electron chi connectivity index (χ1n) is 6.27. The van der Waals surface area contributed by atoms with E-state index in [0.717, 1.165) is 37.7 Å². The molecule has 0 radical (unpaired) electrons. The van der Waals surface area contributed by atoms with Crippen LogP contribution in [-0.4, -0.2) is 11.2 Å². The van der Waals surface area contributed by atoms with Crippen LogP contribution < -0.4 is 0 Å². The highest BCUT2D eigenvalue weighted by molar-refractivity contribution is 6.30. The maximum atomic E-state index is 13.0. The normalized spacial score (nSPS) is 25.6. The third-order valence-electron chi connectivity index (χ3n) is 3.51. The largest absolute Gasteiger partial charge is 0.393 e. The average molecular weight is 257 g/mol. The van der Waals surface area contributed by atoms with Crippen LogP contribution in [-0.2, 0) is 6.42 Å². The number of aliphatic hydroxyl groups excluding tert-OH is 1. The van der Waals surface area contributed by atoms with Gasteiger partial charge in [0.15, 0.2) is 0 Å². The Balaban J connectivity index is 2.01. The molecule has 3 heteroatoms. The van der Waals surface area contributed by atoms with Crippen molar-refractivity contribution in [2.45, 2.75) is 44.6 Å². The number of halogens is 2. The Morgan fingerprint density at radius 1 is 1.29 bits per heavy atom. The van der Waals surface area contributed by atoms with Crippen molar-refractivity contribution in [1.82, 2.24) is 0 Å². The van der Waals surface area contributed by atoms with Crippen LogP contribution in [0.2, 0.25) is 5.02 Å². The van der Waals surface area contributed by atoms with Crippen LogP contribution in [0.4, 0.5) is 4.39 Å². The van der Waals surface area contributed by atoms with E-state index in [9.17, 15) is 9.50 Å². The highest BCUT2D eigenvalue weighted by atomic mass is 35.5. The summed E-state index contributed by atoms with van der Waals surface area (Å²) >= 11 is 5.77. The van der Waals surface area contributed by atoms with E-state index in [4.69, 9.17) is 11.6 Å². The van der Waals surface area contributed by atoms with Crippen molar-refractivity contribution in [3.05, 3.63) is 34.6 Å². The zero-order valence-electron chi connectivity index (χ0n) is 9.83. The standard InChI is InChI=1S/C14H18ClFO/c15-13-9-11(5-6-14(13)16)7-10-3-1-2-4-12(17)8-10/h5-6,9-10,12,17H,1-4,7-8H2. The third kappa shape index (κ3) is 3.68. The summed E-state index contributed by atoms with van der Waals surface area (Å²) in [5.41, 5.74) is 1.07. The monoisotopic (exact) mass is 256 g/mol. The molecular weight excluding hydrogens is 239 g/mol. The highest BCUT2D eigenvalue weighted by Gasteiger charge is 2.18. The lowest BCUT2D eigenvalue weighted by Crippen LogP contribution is -2.12. The smallest absolute Gasteiger partial charge is 0.141 e. The van der Waals surface area contributed by atoms with Gasteiger partial charge < -0.3 is 5.11 Å². The van der Waals surface area contributed by atoms with Crippen LogP contribution in [0.25, 0.3) is 0 Å². The number of aliphatic hydroxyl groups is 1. The Bertz CT molecular complexity index is 380. The van der Waals surface area contributed by atoms with Crippen LogP contribution in [0.5, 0.6) is 0 Å². The van der Waals surface area contributed by atoms with E-state index in [0.29, 0.717) is 5.92 Å². The van der Waals surface area contributed by atoms with Gasteiger partial charge in [0.25, 0.3) is 0 Å². The van der Waals surface area contributed by atoms with Crippen molar-refractivity contribution in [3.63, 3.8) is 0 Å². The minimum Gasteiger partial charge on any atom is -0.393 e. The molecule has 1 aliphatic carbocycles. The Morgan fingerprint density at radius 2 is 2.06 bits per heavy atom. The zero-order chi connectivity index (χ0) is 12.3. The fourth-order valence-corrected chi connectivity index (χ4v) is 2.82. The molecule has 2 rings (SSSR count). The van der Waals surface area contributed by atoms with E-state index in [1.54, 1.807) is 12.1 Å². The molecule has 2 atom stereocenters. The summed E-state index contributed by atoms with van der Waals surface area (Å²) in [5, 5.41) is 9.94. The highest BCUT2D eigenvalue weighted by Crippen LogP contribution is 2.27. The third-order valence-corrected chi connectivity index (χ3v) is 3.80. The predicted molar refractivity (Wildman–Crippen MR) is 67.7 cm³/mol. The Kier molecular flexibility index (Phi) is 4.41. The summed E-state index contributed by atoms with van der Waals surface area (Å²) in [6.45, 7) is 0. The minimum atomic E-state index is -0.365. The minimum absolute atomic E-state index is 0.168. The Hall–Kier alpha value is -0.600. The maximum Gasteiger partial charge on any atom is 0.141 e. The van der Waals surface area contributed by atoms with Gasteiger partial charge in [0.2, 0.25) is 0 Å². The van der Waals surface area contributed by atoms with Gasteiger partial charge in [-0.25, -0.2) is 4.39 Å². The summed E-state index contributed by atoms with van der Waals surface area (Å²) < 4.78 is 13.0. The fraction of sp³-hybridized carbons (Fsp3) is 0.571. The van der Waals surface area contributed by atoms with Crippen LogP contribution in [0.1, 0.15) is 37.7 Å². The van der Waals surface area contributed by atoms with Crippen LogP contribution >= 0.6 is 11.6 Å².